The van der Waals surface area contributed by atoms with Gasteiger partial charge in [0.25, 0.3) is 0 Å². The Labute approximate surface area is 160 Å². The summed E-state index contributed by atoms with van der Waals surface area (Å²) in [6.07, 6.45) is 1.33. The van der Waals surface area contributed by atoms with Crippen LogP contribution in [0.3, 0.4) is 0 Å². The van der Waals surface area contributed by atoms with E-state index in [0.717, 1.165) is 23.4 Å². The molecule has 0 saturated heterocycles. The second-order valence-corrected chi connectivity index (χ2v) is 7.82. The van der Waals surface area contributed by atoms with E-state index in [1.165, 1.54) is 16.2 Å². The van der Waals surface area contributed by atoms with Crippen LogP contribution in [0.25, 0.3) is 11.3 Å². The maximum absolute atomic E-state index is 12.0. The van der Waals surface area contributed by atoms with Gasteiger partial charge >= 0.3 is 0 Å². The van der Waals surface area contributed by atoms with Gasteiger partial charge in [-0.1, -0.05) is 41.9 Å². The molecule has 2 aromatic carbocycles. The Morgan fingerprint density at radius 1 is 1.12 bits per heavy atom. The standard InChI is InChI=1S/C19H17ClN2OS2/c20-15-10-8-14(9-11-15)17-13-25-19(21-17)22-18(23)7-4-12-24-16-5-2-1-3-6-16/h1-3,5-6,8-11,13H,4,7,12H2,(H,21,22,23). The van der Waals surface area contributed by atoms with Crippen LogP contribution < -0.4 is 5.32 Å². The molecule has 1 amide bonds. The van der Waals surface area contributed by atoms with Gasteiger partial charge in [0.15, 0.2) is 5.13 Å². The van der Waals surface area contributed by atoms with Crippen molar-refractivity contribution in [3.8, 4) is 11.3 Å². The molecule has 6 heteroatoms. The van der Waals surface area contributed by atoms with Crippen LogP contribution in [-0.2, 0) is 4.79 Å². The van der Waals surface area contributed by atoms with E-state index in [1.807, 2.05) is 47.8 Å². The van der Waals surface area contributed by atoms with Gasteiger partial charge in [-0.3, -0.25) is 4.79 Å². The number of hydrogen-bond donors (Lipinski definition) is 1. The van der Waals surface area contributed by atoms with Crippen molar-refractivity contribution in [3.63, 3.8) is 0 Å². The number of halogens is 1. The van der Waals surface area contributed by atoms with E-state index in [0.29, 0.717) is 16.6 Å². The average Bonchev–Trinajstić information content (AvgIpc) is 3.09. The number of anilines is 1. The second-order valence-electron chi connectivity index (χ2n) is 5.36. The van der Waals surface area contributed by atoms with E-state index in [2.05, 4.69) is 22.4 Å². The lowest BCUT2D eigenvalue weighted by Crippen LogP contribution is -2.11. The summed E-state index contributed by atoms with van der Waals surface area (Å²) in [6, 6.07) is 17.7. The Hall–Kier alpha value is -1.82. The predicted molar refractivity (Wildman–Crippen MR) is 108 cm³/mol. The molecule has 3 aromatic rings. The van der Waals surface area contributed by atoms with Crippen molar-refractivity contribution < 1.29 is 4.79 Å². The molecule has 0 atom stereocenters. The van der Waals surface area contributed by atoms with E-state index in [-0.39, 0.29) is 5.91 Å². The van der Waals surface area contributed by atoms with Crippen molar-refractivity contribution in [2.45, 2.75) is 17.7 Å². The van der Waals surface area contributed by atoms with Crippen LogP contribution in [0.1, 0.15) is 12.8 Å². The number of carbonyl (C=O) groups is 1. The number of amides is 1. The molecule has 1 heterocycles. The molecule has 0 fully saturated rings. The zero-order valence-electron chi connectivity index (χ0n) is 13.4. The molecular formula is C19H17ClN2OS2. The molecule has 0 aliphatic rings. The van der Waals surface area contributed by atoms with Gasteiger partial charge in [-0.15, -0.1) is 23.1 Å². The van der Waals surface area contributed by atoms with Gasteiger partial charge in [0, 0.05) is 27.3 Å². The minimum atomic E-state index is 0.00525. The Morgan fingerprint density at radius 2 is 1.88 bits per heavy atom. The minimum Gasteiger partial charge on any atom is -0.302 e. The van der Waals surface area contributed by atoms with Crippen molar-refractivity contribution in [1.82, 2.24) is 4.98 Å². The van der Waals surface area contributed by atoms with Crippen LogP contribution in [-0.4, -0.2) is 16.6 Å². The fraction of sp³-hybridized carbons (Fsp3) is 0.158. The lowest BCUT2D eigenvalue weighted by atomic mass is 10.2. The molecule has 0 aliphatic heterocycles. The molecule has 0 bridgehead atoms. The topological polar surface area (TPSA) is 42.0 Å². The third-order valence-corrected chi connectivity index (χ3v) is 5.56. The highest BCUT2D eigenvalue weighted by molar-refractivity contribution is 7.99. The summed E-state index contributed by atoms with van der Waals surface area (Å²) in [7, 11) is 0. The zero-order valence-corrected chi connectivity index (χ0v) is 15.8. The number of rotatable bonds is 7. The fourth-order valence-corrected chi connectivity index (χ4v) is 3.94. The molecule has 0 aliphatic carbocycles. The maximum Gasteiger partial charge on any atom is 0.226 e. The summed E-state index contributed by atoms with van der Waals surface area (Å²) >= 11 is 9.10. The monoisotopic (exact) mass is 388 g/mol. The van der Waals surface area contributed by atoms with Crippen LogP contribution in [0.2, 0.25) is 5.02 Å². The van der Waals surface area contributed by atoms with Crippen molar-refractivity contribution in [2.75, 3.05) is 11.1 Å². The number of aromatic nitrogens is 1. The van der Waals surface area contributed by atoms with Gasteiger partial charge < -0.3 is 5.32 Å². The maximum atomic E-state index is 12.0. The number of nitrogens with one attached hydrogen (secondary N) is 1. The molecule has 128 valence electrons. The van der Waals surface area contributed by atoms with Crippen LogP contribution in [0.15, 0.2) is 64.9 Å². The van der Waals surface area contributed by atoms with E-state index in [9.17, 15) is 4.79 Å². The molecule has 0 saturated carbocycles. The highest BCUT2D eigenvalue weighted by Gasteiger charge is 2.08. The van der Waals surface area contributed by atoms with E-state index < -0.39 is 0 Å². The molecule has 25 heavy (non-hydrogen) atoms. The number of thioether (sulfide) groups is 1. The summed E-state index contributed by atoms with van der Waals surface area (Å²) in [4.78, 5) is 17.7. The van der Waals surface area contributed by atoms with E-state index in [4.69, 9.17) is 11.6 Å². The largest absolute Gasteiger partial charge is 0.302 e. The number of thiazole rings is 1. The van der Waals surface area contributed by atoms with E-state index in [1.54, 1.807) is 11.8 Å². The van der Waals surface area contributed by atoms with Crippen molar-refractivity contribution in [1.29, 1.82) is 0 Å². The average molecular weight is 389 g/mol. The molecule has 0 unspecified atom stereocenters. The normalized spacial score (nSPS) is 10.6. The Balaban J connectivity index is 1.44. The van der Waals surface area contributed by atoms with Crippen LogP contribution in [0.5, 0.6) is 0 Å². The summed E-state index contributed by atoms with van der Waals surface area (Å²) in [5.41, 5.74) is 1.83. The van der Waals surface area contributed by atoms with Gasteiger partial charge in [-0.05, 0) is 36.4 Å². The SMILES string of the molecule is O=C(CCCSc1ccccc1)Nc1nc(-c2ccc(Cl)cc2)cs1. The molecule has 0 spiro atoms. The van der Waals surface area contributed by atoms with Crippen molar-refractivity contribution >= 4 is 45.7 Å². The second kappa shape index (κ2) is 9.04. The first kappa shape index (κ1) is 18.0. The lowest BCUT2D eigenvalue weighted by Gasteiger charge is -2.02. The van der Waals surface area contributed by atoms with Gasteiger partial charge in [-0.25, -0.2) is 4.98 Å². The summed E-state index contributed by atoms with van der Waals surface area (Å²) in [6.45, 7) is 0. The third kappa shape index (κ3) is 5.59. The fourth-order valence-electron chi connectivity index (χ4n) is 2.21. The first-order chi connectivity index (χ1) is 12.2. The summed E-state index contributed by atoms with van der Waals surface area (Å²) in [5.74, 6) is 0.927. The minimum absolute atomic E-state index is 0.00525. The van der Waals surface area contributed by atoms with Gasteiger partial charge in [0.05, 0.1) is 5.69 Å². The molecule has 3 rings (SSSR count). The lowest BCUT2D eigenvalue weighted by molar-refractivity contribution is -0.116. The smallest absolute Gasteiger partial charge is 0.226 e. The number of carbonyl (C=O) groups excluding carboxylic acids is 1. The van der Waals surface area contributed by atoms with Crippen LogP contribution in [0, 0.1) is 0 Å². The number of nitrogens with zero attached hydrogens (tertiary/aromatic N) is 1. The molecular weight excluding hydrogens is 372 g/mol. The van der Waals surface area contributed by atoms with Crippen molar-refractivity contribution in [3.05, 3.63) is 65.0 Å². The zero-order chi connectivity index (χ0) is 17.5. The van der Waals surface area contributed by atoms with Gasteiger partial charge in [0.1, 0.15) is 0 Å². The quantitative estimate of drug-likeness (QED) is 0.400. The Kier molecular flexibility index (Phi) is 6.50. The van der Waals surface area contributed by atoms with Gasteiger partial charge in [0.2, 0.25) is 5.91 Å². The van der Waals surface area contributed by atoms with E-state index >= 15 is 0 Å². The molecule has 3 nitrogen and oxygen atoms in total. The Bertz CT molecular complexity index is 819. The number of benzene rings is 2. The predicted octanol–water partition coefficient (Wildman–Crippen LogP) is 5.97. The number of hydrogen-bond acceptors (Lipinski definition) is 4. The van der Waals surface area contributed by atoms with Crippen LogP contribution in [0.4, 0.5) is 5.13 Å². The molecule has 1 N–H and O–H groups in total. The van der Waals surface area contributed by atoms with Gasteiger partial charge in [-0.2, -0.15) is 0 Å². The first-order valence-electron chi connectivity index (χ1n) is 7.90. The highest BCUT2D eigenvalue weighted by atomic mass is 35.5. The molecule has 1 aromatic heterocycles. The third-order valence-electron chi connectivity index (χ3n) is 3.45. The molecule has 0 radical (unpaired) electrons. The Morgan fingerprint density at radius 3 is 2.64 bits per heavy atom. The summed E-state index contributed by atoms with van der Waals surface area (Å²) < 4.78 is 0. The van der Waals surface area contributed by atoms with Crippen molar-refractivity contribution in [2.24, 2.45) is 0 Å². The first-order valence-corrected chi connectivity index (χ1v) is 10.1. The van der Waals surface area contributed by atoms with Crippen LogP contribution >= 0.6 is 34.7 Å². The summed E-state index contributed by atoms with van der Waals surface area (Å²) in [5, 5.41) is 6.14. The highest BCUT2D eigenvalue weighted by Crippen LogP contribution is 2.26.